The normalized spacial score (nSPS) is 19.6. The molecule has 0 aliphatic carbocycles. The number of hydrogen-bond donors (Lipinski definition) is 3. The number of esters is 3. The van der Waals surface area contributed by atoms with Crippen LogP contribution in [-0.2, 0) is 42.9 Å². The van der Waals surface area contributed by atoms with Crippen LogP contribution < -0.4 is 0 Å². The summed E-state index contributed by atoms with van der Waals surface area (Å²) in [6.45, 7) is 5.49. The zero-order chi connectivity index (χ0) is 51.8. The highest BCUT2D eigenvalue weighted by Crippen LogP contribution is 2.26. The highest BCUT2D eigenvalue weighted by molar-refractivity contribution is 5.74. The maximum absolute atomic E-state index is 13.0. The fourth-order valence-corrected chi connectivity index (χ4v) is 6.78. The van der Waals surface area contributed by atoms with Crippen LogP contribution in [0.1, 0.15) is 162 Å². The number of aliphatic hydroxyl groups excluding tert-OH is 2. The lowest BCUT2D eigenvalue weighted by Crippen LogP contribution is -2.61. The van der Waals surface area contributed by atoms with Crippen LogP contribution in [0, 0.1) is 0 Å². The molecule has 6 unspecified atom stereocenters. The van der Waals surface area contributed by atoms with Gasteiger partial charge in [-0.3, -0.25) is 14.4 Å². The standard InChI is InChI=1S/C59H88O12/c1-4-7-10-13-16-19-22-25-26-29-30-33-36-39-42-45-51(60)67-48-50(69-52(61)46-43-40-37-34-31-27-23-20-17-14-11-8-5-2)49-68-59-57(55(64)54(63)56(71-59)58(65)66)70-53(62)47-44-41-38-35-32-28-24-21-18-15-12-9-6-3/h7-8,10-12,15-17,19-21,24-27,30-31,33,37,39-40,42,50,54-57,59,63-64H,4-6,9,13-14,18,22-23,28-29,32,34-36,38,41,43-49H2,1-3H3,(H,65,66)/b10-7-,11-8-,15-12-,19-16-,20-17-,24-21-,26-25-,31-27-,33-30-,40-37-,42-39-. The van der Waals surface area contributed by atoms with E-state index in [1.807, 2.05) is 36.5 Å². The molecule has 0 spiro atoms. The maximum Gasteiger partial charge on any atom is 0.335 e. The first kappa shape index (κ1) is 63.9. The molecule has 6 atom stereocenters. The van der Waals surface area contributed by atoms with Gasteiger partial charge < -0.3 is 39.0 Å². The molecule has 0 radical (unpaired) electrons. The molecular weight excluding hydrogens is 901 g/mol. The van der Waals surface area contributed by atoms with E-state index in [4.69, 9.17) is 23.7 Å². The summed E-state index contributed by atoms with van der Waals surface area (Å²) < 4.78 is 28.0. The van der Waals surface area contributed by atoms with Gasteiger partial charge in [0.2, 0.25) is 0 Å². The zero-order valence-electron chi connectivity index (χ0n) is 43.2. The van der Waals surface area contributed by atoms with Crippen molar-refractivity contribution in [3.63, 3.8) is 0 Å². The lowest BCUT2D eigenvalue weighted by atomic mass is 9.98. The van der Waals surface area contributed by atoms with Gasteiger partial charge in [0.15, 0.2) is 24.6 Å². The molecule has 12 heteroatoms. The van der Waals surface area contributed by atoms with Crippen LogP contribution in [0.25, 0.3) is 0 Å². The number of allylic oxidation sites excluding steroid dienone is 21. The van der Waals surface area contributed by atoms with Crippen LogP contribution in [-0.4, -0.2) is 89.2 Å². The van der Waals surface area contributed by atoms with Crippen molar-refractivity contribution in [1.82, 2.24) is 0 Å². The summed E-state index contributed by atoms with van der Waals surface area (Å²) in [6.07, 6.45) is 52.0. The molecule has 1 fully saturated rings. The van der Waals surface area contributed by atoms with Gasteiger partial charge in [-0.15, -0.1) is 0 Å². The van der Waals surface area contributed by atoms with Crippen molar-refractivity contribution < 1.29 is 58.2 Å². The molecule has 1 heterocycles. The molecule has 12 nitrogen and oxygen atoms in total. The number of ether oxygens (including phenoxy) is 5. The molecule has 1 rings (SSSR count). The summed E-state index contributed by atoms with van der Waals surface area (Å²) in [5, 5.41) is 31.3. The monoisotopic (exact) mass is 989 g/mol. The van der Waals surface area contributed by atoms with Crippen LogP contribution >= 0.6 is 0 Å². The second kappa shape index (κ2) is 46.0. The number of carbonyl (C=O) groups excluding carboxylic acids is 3. The molecular formula is C59H88O12. The van der Waals surface area contributed by atoms with Gasteiger partial charge in [0.1, 0.15) is 18.8 Å². The lowest BCUT2D eigenvalue weighted by Gasteiger charge is -2.40. The van der Waals surface area contributed by atoms with Crippen molar-refractivity contribution in [2.24, 2.45) is 0 Å². The van der Waals surface area contributed by atoms with Crippen LogP contribution in [0.15, 0.2) is 134 Å². The van der Waals surface area contributed by atoms with Crippen molar-refractivity contribution in [3.05, 3.63) is 134 Å². The molecule has 396 valence electrons. The minimum absolute atomic E-state index is 0.0128. The Labute approximate surface area is 426 Å². The molecule has 1 saturated heterocycles. The molecule has 1 aliphatic rings. The van der Waals surface area contributed by atoms with E-state index in [9.17, 15) is 34.5 Å². The van der Waals surface area contributed by atoms with Crippen molar-refractivity contribution in [1.29, 1.82) is 0 Å². The number of hydrogen-bond acceptors (Lipinski definition) is 11. The predicted molar refractivity (Wildman–Crippen MR) is 284 cm³/mol. The second-order valence-electron chi connectivity index (χ2n) is 17.1. The van der Waals surface area contributed by atoms with E-state index < -0.39 is 73.9 Å². The number of carbonyl (C=O) groups is 4. The highest BCUT2D eigenvalue weighted by atomic mass is 16.7. The number of carboxylic acid groups (broad SMARTS) is 1. The average Bonchev–Trinajstić information content (AvgIpc) is 3.35. The third kappa shape index (κ3) is 36.4. The number of aliphatic carboxylic acids is 1. The van der Waals surface area contributed by atoms with Crippen LogP contribution in [0.3, 0.4) is 0 Å². The smallest absolute Gasteiger partial charge is 0.335 e. The topological polar surface area (TPSA) is 175 Å². The number of rotatable bonds is 41. The van der Waals surface area contributed by atoms with E-state index in [2.05, 4.69) is 112 Å². The van der Waals surface area contributed by atoms with Crippen LogP contribution in [0.5, 0.6) is 0 Å². The van der Waals surface area contributed by atoms with Gasteiger partial charge in [-0.25, -0.2) is 4.79 Å². The molecule has 71 heavy (non-hydrogen) atoms. The SMILES string of the molecule is CC/C=C\C/C=C\C/C=C\C/C=C\C/C=C\CC(=O)OCC(COC1OC(C(=O)O)C(O)C(O)C1OC(=O)CCCCCCC/C=C\C/C=C\CCC)OC(=O)CC/C=C\C/C=C\C/C=C\C/C=C\CC. The fourth-order valence-electron chi connectivity index (χ4n) is 6.78. The van der Waals surface area contributed by atoms with E-state index in [0.717, 1.165) is 96.3 Å². The van der Waals surface area contributed by atoms with E-state index in [1.165, 1.54) is 0 Å². The Kier molecular flexibility index (Phi) is 41.4. The summed E-state index contributed by atoms with van der Waals surface area (Å²) in [4.78, 5) is 50.8. The quantitative estimate of drug-likeness (QED) is 0.0229. The Morgan fingerprint density at radius 2 is 0.958 bits per heavy atom. The molecule has 0 saturated carbocycles. The molecule has 3 N–H and O–H groups in total. The summed E-state index contributed by atoms with van der Waals surface area (Å²) in [5.74, 6) is -3.45. The number of unbranched alkanes of at least 4 members (excludes halogenated alkanes) is 6. The van der Waals surface area contributed by atoms with E-state index in [-0.39, 0.29) is 19.3 Å². The number of carboxylic acids is 1. The summed E-state index contributed by atoms with van der Waals surface area (Å²) in [6, 6.07) is 0. The minimum Gasteiger partial charge on any atom is -0.479 e. The Bertz CT molecular complexity index is 1740. The van der Waals surface area contributed by atoms with Crippen molar-refractivity contribution in [2.75, 3.05) is 13.2 Å². The Hall–Kier alpha value is -5.14. The first-order chi connectivity index (χ1) is 34.6. The van der Waals surface area contributed by atoms with Gasteiger partial charge in [0.25, 0.3) is 0 Å². The van der Waals surface area contributed by atoms with Gasteiger partial charge in [0.05, 0.1) is 13.0 Å². The van der Waals surface area contributed by atoms with E-state index >= 15 is 0 Å². The fraction of sp³-hybridized carbons (Fsp3) is 0.559. The first-order valence-electron chi connectivity index (χ1n) is 26.2. The van der Waals surface area contributed by atoms with Crippen molar-refractivity contribution in [3.8, 4) is 0 Å². The second-order valence-corrected chi connectivity index (χ2v) is 17.1. The van der Waals surface area contributed by atoms with Gasteiger partial charge in [-0.2, -0.15) is 0 Å². The Balaban J connectivity index is 2.85. The lowest BCUT2D eigenvalue weighted by molar-refractivity contribution is -0.301. The zero-order valence-corrected chi connectivity index (χ0v) is 43.2. The average molecular weight is 989 g/mol. The third-order valence-electron chi connectivity index (χ3n) is 10.7. The van der Waals surface area contributed by atoms with Crippen LogP contribution in [0.2, 0.25) is 0 Å². The van der Waals surface area contributed by atoms with Gasteiger partial charge in [-0.1, -0.05) is 180 Å². The van der Waals surface area contributed by atoms with Crippen LogP contribution in [0.4, 0.5) is 0 Å². The van der Waals surface area contributed by atoms with Gasteiger partial charge in [-0.05, 0) is 96.3 Å². The highest BCUT2D eigenvalue weighted by Gasteiger charge is 2.50. The molecule has 0 bridgehead atoms. The molecule has 0 amide bonds. The minimum atomic E-state index is -1.93. The third-order valence-corrected chi connectivity index (χ3v) is 10.7. The maximum atomic E-state index is 13.0. The molecule has 1 aliphatic heterocycles. The van der Waals surface area contributed by atoms with Gasteiger partial charge in [0, 0.05) is 12.8 Å². The van der Waals surface area contributed by atoms with E-state index in [1.54, 1.807) is 6.08 Å². The van der Waals surface area contributed by atoms with E-state index in [0.29, 0.717) is 25.7 Å². The van der Waals surface area contributed by atoms with Crippen molar-refractivity contribution in [2.45, 2.75) is 199 Å². The largest absolute Gasteiger partial charge is 0.479 e. The molecule has 0 aromatic carbocycles. The summed E-state index contributed by atoms with van der Waals surface area (Å²) in [5.41, 5.74) is 0. The molecule has 0 aromatic heterocycles. The van der Waals surface area contributed by atoms with Gasteiger partial charge >= 0.3 is 23.9 Å². The molecule has 0 aromatic rings. The Morgan fingerprint density at radius 1 is 0.493 bits per heavy atom. The summed E-state index contributed by atoms with van der Waals surface area (Å²) in [7, 11) is 0. The summed E-state index contributed by atoms with van der Waals surface area (Å²) >= 11 is 0. The Morgan fingerprint density at radius 3 is 1.48 bits per heavy atom. The number of aliphatic hydroxyl groups is 2. The van der Waals surface area contributed by atoms with Crippen molar-refractivity contribution >= 4 is 23.9 Å². The first-order valence-corrected chi connectivity index (χ1v) is 26.2. The predicted octanol–water partition coefficient (Wildman–Crippen LogP) is 12.7.